The summed E-state index contributed by atoms with van der Waals surface area (Å²) in [5, 5.41) is 7.39. The van der Waals surface area contributed by atoms with Crippen molar-refractivity contribution in [2.45, 2.75) is 39.7 Å². The molecule has 1 aromatic carbocycles. The molecule has 0 bridgehead atoms. The van der Waals surface area contributed by atoms with Crippen LogP contribution in [-0.4, -0.2) is 21.3 Å². The van der Waals surface area contributed by atoms with E-state index in [4.69, 9.17) is 12.2 Å². The number of aromatic amines is 1. The van der Waals surface area contributed by atoms with Crippen molar-refractivity contribution in [3.05, 3.63) is 34.1 Å². The van der Waals surface area contributed by atoms with Gasteiger partial charge in [0.1, 0.15) is 0 Å². The van der Waals surface area contributed by atoms with Gasteiger partial charge >= 0.3 is 0 Å². The van der Waals surface area contributed by atoms with Gasteiger partial charge in [-0.3, -0.25) is 4.57 Å². The predicted molar refractivity (Wildman–Crippen MR) is 84.3 cm³/mol. The first-order valence-corrected chi connectivity index (χ1v) is 7.52. The molecule has 1 aliphatic heterocycles. The van der Waals surface area contributed by atoms with E-state index in [-0.39, 0.29) is 0 Å². The van der Waals surface area contributed by atoms with Crippen molar-refractivity contribution in [3.63, 3.8) is 0 Å². The molecule has 1 aromatic heterocycles. The van der Waals surface area contributed by atoms with Crippen molar-refractivity contribution in [1.82, 2.24) is 14.8 Å². The Morgan fingerprint density at radius 3 is 2.90 bits per heavy atom. The molecular formula is C15H20N4S. The highest BCUT2D eigenvalue weighted by Crippen LogP contribution is 2.33. The number of H-pyrrole nitrogens is 1. The lowest BCUT2D eigenvalue weighted by Crippen LogP contribution is -2.27. The summed E-state index contributed by atoms with van der Waals surface area (Å²) in [6.07, 6.45) is 2.29. The van der Waals surface area contributed by atoms with E-state index in [1.807, 2.05) is 0 Å². The van der Waals surface area contributed by atoms with E-state index in [0.717, 1.165) is 25.3 Å². The SMILES string of the molecule is Cc1ccc2c(c1)CCCN2c1n[nH]c(=S)n1C(C)C. The fourth-order valence-corrected chi connectivity index (χ4v) is 3.22. The second-order valence-electron chi connectivity index (χ2n) is 5.68. The van der Waals surface area contributed by atoms with Crippen LogP contribution in [0.1, 0.15) is 37.4 Å². The summed E-state index contributed by atoms with van der Waals surface area (Å²) in [4.78, 5) is 2.28. The summed E-state index contributed by atoms with van der Waals surface area (Å²) in [5.41, 5.74) is 3.98. The zero-order valence-electron chi connectivity index (χ0n) is 12.2. The minimum absolute atomic E-state index is 0.298. The standard InChI is InChI=1S/C15H20N4S/c1-10(2)19-14(16-17-15(19)20)18-8-4-5-12-9-11(3)6-7-13(12)18/h6-7,9-10H,4-5,8H2,1-3H3,(H,17,20). The van der Waals surface area contributed by atoms with Crippen molar-refractivity contribution in [2.75, 3.05) is 11.4 Å². The molecule has 0 unspecified atom stereocenters. The third-order valence-corrected chi connectivity index (χ3v) is 4.09. The Morgan fingerprint density at radius 1 is 1.35 bits per heavy atom. The molecule has 0 atom stereocenters. The minimum Gasteiger partial charge on any atom is -0.310 e. The molecule has 1 aliphatic rings. The Hall–Kier alpha value is -1.62. The first-order valence-electron chi connectivity index (χ1n) is 7.12. The summed E-state index contributed by atoms with van der Waals surface area (Å²) in [7, 11) is 0. The molecule has 4 nitrogen and oxygen atoms in total. The van der Waals surface area contributed by atoms with E-state index < -0.39 is 0 Å². The Kier molecular flexibility index (Phi) is 3.38. The third-order valence-electron chi connectivity index (χ3n) is 3.80. The molecule has 1 N–H and O–H groups in total. The van der Waals surface area contributed by atoms with Crippen molar-refractivity contribution >= 4 is 23.9 Å². The van der Waals surface area contributed by atoms with Crippen LogP contribution in [0.15, 0.2) is 18.2 Å². The highest BCUT2D eigenvalue weighted by atomic mass is 32.1. The lowest BCUT2D eigenvalue weighted by atomic mass is 10.00. The Morgan fingerprint density at radius 2 is 2.15 bits per heavy atom. The number of rotatable bonds is 2. The van der Waals surface area contributed by atoms with Gasteiger partial charge in [0.05, 0.1) is 0 Å². The van der Waals surface area contributed by atoms with E-state index >= 15 is 0 Å². The lowest BCUT2D eigenvalue weighted by molar-refractivity contribution is 0.582. The van der Waals surface area contributed by atoms with E-state index in [2.05, 4.69) is 58.6 Å². The highest BCUT2D eigenvalue weighted by Gasteiger charge is 2.23. The van der Waals surface area contributed by atoms with E-state index in [1.165, 1.54) is 16.8 Å². The highest BCUT2D eigenvalue weighted by molar-refractivity contribution is 7.71. The number of hydrogen-bond donors (Lipinski definition) is 1. The number of anilines is 2. The summed E-state index contributed by atoms with van der Waals surface area (Å²) >= 11 is 5.36. The van der Waals surface area contributed by atoms with Crippen LogP contribution in [0.4, 0.5) is 11.6 Å². The molecule has 0 amide bonds. The largest absolute Gasteiger partial charge is 0.310 e. The van der Waals surface area contributed by atoms with Crippen LogP contribution in [0, 0.1) is 11.7 Å². The summed E-state index contributed by atoms with van der Waals surface area (Å²) in [6, 6.07) is 6.94. The second kappa shape index (κ2) is 5.05. The number of hydrogen-bond acceptors (Lipinski definition) is 3. The Balaban J connectivity index is 2.12. The van der Waals surface area contributed by atoms with Gasteiger partial charge in [0.25, 0.3) is 0 Å². The van der Waals surface area contributed by atoms with Crippen molar-refractivity contribution in [1.29, 1.82) is 0 Å². The van der Waals surface area contributed by atoms with Gasteiger partial charge in [-0.25, -0.2) is 5.10 Å². The van der Waals surface area contributed by atoms with Gasteiger partial charge in [-0.05, 0) is 57.5 Å². The molecule has 0 fully saturated rings. The maximum absolute atomic E-state index is 5.36. The molecule has 0 saturated carbocycles. The molecule has 5 heteroatoms. The van der Waals surface area contributed by atoms with Gasteiger partial charge in [0.15, 0.2) is 4.77 Å². The number of fused-ring (bicyclic) bond motifs is 1. The van der Waals surface area contributed by atoms with E-state index in [0.29, 0.717) is 10.8 Å². The maximum atomic E-state index is 5.36. The summed E-state index contributed by atoms with van der Waals surface area (Å²) < 4.78 is 2.78. The molecule has 106 valence electrons. The third kappa shape index (κ3) is 2.16. The van der Waals surface area contributed by atoms with Crippen molar-refractivity contribution in [2.24, 2.45) is 0 Å². The van der Waals surface area contributed by atoms with E-state index in [9.17, 15) is 0 Å². The maximum Gasteiger partial charge on any atom is 0.230 e. The molecule has 0 aliphatic carbocycles. The first kappa shape index (κ1) is 13.4. The predicted octanol–water partition coefficient (Wildman–Crippen LogP) is 3.91. The molecule has 3 rings (SSSR count). The lowest BCUT2D eigenvalue weighted by Gasteiger charge is -2.31. The Bertz CT molecular complexity index is 683. The molecule has 0 saturated heterocycles. The number of aromatic nitrogens is 3. The molecule has 20 heavy (non-hydrogen) atoms. The van der Waals surface area contributed by atoms with Gasteiger partial charge in [-0.15, -0.1) is 5.10 Å². The quantitative estimate of drug-likeness (QED) is 0.851. The normalized spacial score (nSPS) is 14.7. The van der Waals surface area contributed by atoms with Crippen LogP contribution >= 0.6 is 12.2 Å². The van der Waals surface area contributed by atoms with Crippen LogP contribution in [-0.2, 0) is 6.42 Å². The monoisotopic (exact) mass is 288 g/mol. The zero-order chi connectivity index (χ0) is 14.3. The Labute approximate surface area is 124 Å². The van der Waals surface area contributed by atoms with Crippen molar-refractivity contribution in [3.8, 4) is 0 Å². The minimum atomic E-state index is 0.298. The van der Waals surface area contributed by atoms with Crippen LogP contribution in [0.3, 0.4) is 0 Å². The fourth-order valence-electron chi connectivity index (χ4n) is 2.89. The van der Waals surface area contributed by atoms with Crippen LogP contribution in [0.25, 0.3) is 0 Å². The topological polar surface area (TPSA) is 36.9 Å². The first-order chi connectivity index (χ1) is 9.58. The van der Waals surface area contributed by atoms with Crippen LogP contribution in [0.5, 0.6) is 0 Å². The van der Waals surface area contributed by atoms with Crippen molar-refractivity contribution < 1.29 is 0 Å². The summed E-state index contributed by atoms with van der Waals surface area (Å²) in [5.74, 6) is 0.926. The van der Waals surface area contributed by atoms with Gasteiger partial charge in [-0.1, -0.05) is 17.7 Å². The fraction of sp³-hybridized carbons (Fsp3) is 0.467. The van der Waals surface area contributed by atoms with Gasteiger partial charge in [0.2, 0.25) is 5.95 Å². The number of nitrogens with zero attached hydrogens (tertiary/aromatic N) is 3. The van der Waals surface area contributed by atoms with Gasteiger partial charge in [0, 0.05) is 18.3 Å². The molecular weight excluding hydrogens is 268 g/mol. The number of nitrogens with one attached hydrogen (secondary N) is 1. The summed E-state index contributed by atoms with van der Waals surface area (Å²) in [6.45, 7) is 7.40. The molecule has 0 spiro atoms. The second-order valence-corrected chi connectivity index (χ2v) is 6.07. The molecule has 2 heterocycles. The average molecular weight is 288 g/mol. The van der Waals surface area contributed by atoms with Gasteiger partial charge in [-0.2, -0.15) is 0 Å². The molecule has 0 radical (unpaired) electrons. The van der Waals surface area contributed by atoms with Crippen LogP contribution < -0.4 is 4.90 Å². The number of aryl methyl sites for hydroxylation is 2. The average Bonchev–Trinajstić information content (AvgIpc) is 2.79. The smallest absolute Gasteiger partial charge is 0.230 e. The van der Waals surface area contributed by atoms with Gasteiger partial charge < -0.3 is 4.90 Å². The van der Waals surface area contributed by atoms with Crippen LogP contribution in [0.2, 0.25) is 0 Å². The molecule has 2 aromatic rings. The zero-order valence-corrected chi connectivity index (χ0v) is 13.0. The van der Waals surface area contributed by atoms with E-state index in [1.54, 1.807) is 0 Å². The number of benzene rings is 1.